The summed E-state index contributed by atoms with van der Waals surface area (Å²) in [4.78, 5) is 6.51. The van der Waals surface area contributed by atoms with Crippen molar-refractivity contribution < 1.29 is 180 Å². The molecular formula is C31H18ClFN10Na4O13S4. The molecule has 5 N–H and O–H groups in total. The van der Waals surface area contributed by atoms with Gasteiger partial charge in [0.25, 0.3) is 0 Å². The van der Waals surface area contributed by atoms with Crippen LogP contribution in [0.25, 0.3) is 10.8 Å². The van der Waals surface area contributed by atoms with Gasteiger partial charge in [-0.3, -0.25) is 0 Å². The number of nitrogens with zero attached hydrogens (tertiary/aromatic N) is 7. The maximum Gasteiger partial charge on any atom is 1.00 e. The van der Waals surface area contributed by atoms with Crippen LogP contribution in [0.1, 0.15) is 0 Å². The number of azo groups is 2. The zero-order valence-electron chi connectivity index (χ0n) is 32.9. The Bertz CT molecular complexity index is 3290. The topological polar surface area (TPSA) is 387 Å². The molecule has 0 atom stereocenters. The molecule has 312 valence electrons. The van der Waals surface area contributed by atoms with Gasteiger partial charge in [0.1, 0.15) is 57.5 Å². The summed E-state index contributed by atoms with van der Waals surface area (Å²) in [6.07, 6.45) is -1.29. The number of anilines is 5. The number of hydrogen-bond acceptors (Lipinski definition) is 23. The second-order valence-corrected chi connectivity index (χ2v) is 17.6. The third-order valence-electron chi connectivity index (χ3n) is 7.68. The number of rotatable bonds is 12. The van der Waals surface area contributed by atoms with Crippen molar-refractivity contribution in [1.29, 1.82) is 0 Å². The van der Waals surface area contributed by atoms with Gasteiger partial charge in [-0.05, 0) is 78.2 Å². The van der Waals surface area contributed by atoms with Crippen LogP contribution in [0.15, 0.2) is 119 Å². The van der Waals surface area contributed by atoms with Crippen LogP contribution in [0.4, 0.5) is 56.1 Å². The first-order valence-corrected chi connectivity index (χ1v) is 21.6. The average Bonchev–Trinajstić information content (AvgIpc) is 3.12. The van der Waals surface area contributed by atoms with Crippen molar-refractivity contribution in [2.75, 3.05) is 16.4 Å². The van der Waals surface area contributed by atoms with Crippen LogP contribution in [0.2, 0.25) is 5.02 Å². The Balaban J connectivity index is 0.00000352. The molecule has 0 aliphatic carbocycles. The summed E-state index contributed by atoms with van der Waals surface area (Å²) < 4.78 is 159. The van der Waals surface area contributed by atoms with Gasteiger partial charge in [-0.25, -0.2) is 33.7 Å². The van der Waals surface area contributed by atoms with Gasteiger partial charge >= 0.3 is 124 Å². The molecule has 0 unspecified atom stereocenters. The fraction of sp³-hybridized carbons (Fsp3) is 0. The summed E-state index contributed by atoms with van der Waals surface area (Å²) >= 11 is 5.95. The number of phenolic OH excluding ortho intramolecular Hbond substituents is 1. The van der Waals surface area contributed by atoms with E-state index in [4.69, 9.17) is 17.3 Å². The Morgan fingerprint density at radius 2 is 1.12 bits per heavy atom. The molecule has 0 bridgehead atoms. The number of nitrogen functional groups attached to an aromatic ring is 1. The van der Waals surface area contributed by atoms with Crippen molar-refractivity contribution in [2.45, 2.75) is 19.6 Å². The Kier molecular flexibility index (Phi) is 20.4. The zero-order valence-corrected chi connectivity index (χ0v) is 45.0. The van der Waals surface area contributed by atoms with Gasteiger partial charge in [0, 0.05) is 16.4 Å². The van der Waals surface area contributed by atoms with Crippen molar-refractivity contribution in [3.05, 3.63) is 90.0 Å². The number of hydrogen-bond donors (Lipinski definition) is 4. The summed E-state index contributed by atoms with van der Waals surface area (Å²) in [5.41, 5.74) is 2.19. The Hall–Kier alpha value is -2.37. The monoisotopic (exact) mass is 1010 g/mol. The van der Waals surface area contributed by atoms with E-state index in [1.165, 1.54) is 6.07 Å². The minimum absolute atomic E-state index is 0. The number of aromatic hydroxyl groups is 1. The van der Waals surface area contributed by atoms with E-state index >= 15 is 0 Å². The van der Waals surface area contributed by atoms with Gasteiger partial charge < -0.3 is 39.7 Å². The molecule has 6 aromatic rings. The molecule has 0 saturated carbocycles. The molecule has 0 amide bonds. The van der Waals surface area contributed by atoms with E-state index in [0.29, 0.717) is 28.9 Å². The van der Waals surface area contributed by atoms with E-state index in [9.17, 15) is 61.4 Å². The molecule has 23 nitrogen and oxygen atoms in total. The van der Waals surface area contributed by atoms with Gasteiger partial charge in [0.05, 0.1) is 36.3 Å². The van der Waals surface area contributed by atoms with Gasteiger partial charge in [-0.15, -0.1) is 15.3 Å². The zero-order chi connectivity index (χ0) is 43.9. The standard InChI is InChI=1S/C31H22ClFN10O13S4.4Na/c32-15-2-1-3-17(12-15)35-30-37-29(33)38-31(39-30)36-18-6-9-20(21(13-18)58(48,49)50)41-43-27-23(60(54,55)56)11-14-10-22(59(51,52)53)26(25(34)24(14)28(27)44)42-40-16-4-7-19(8-5-16)57(45,46)47;;;;/h1-13,44H,34H2,(H,45,46,47)(H,48,49,50)(H,51,52,53)(H,54,55,56)(H2,35,36,37,38,39);;;;/q;4*+1/p-4. The summed E-state index contributed by atoms with van der Waals surface area (Å²) in [6.45, 7) is 0. The summed E-state index contributed by atoms with van der Waals surface area (Å²) in [7, 11) is -21.6. The molecule has 33 heteroatoms. The Morgan fingerprint density at radius 1 is 0.609 bits per heavy atom. The van der Waals surface area contributed by atoms with Crippen LogP contribution in [0, 0.1) is 6.08 Å². The fourth-order valence-corrected chi connectivity index (χ4v) is 7.74. The van der Waals surface area contributed by atoms with Gasteiger partial charge in [-0.2, -0.15) is 24.5 Å². The van der Waals surface area contributed by atoms with Crippen molar-refractivity contribution in [3.63, 3.8) is 0 Å². The number of nitrogens with one attached hydrogen (secondary N) is 2. The van der Waals surface area contributed by atoms with Crippen LogP contribution in [-0.2, 0) is 40.5 Å². The second-order valence-electron chi connectivity index (χ2n) is 11.7. The van der Waals surface area contributed by atoms with E-state index in [0.717, 1.165) is 36.4 Å². The van der Waals surface area contributed by atoms with Crippen LogP contribution in [0.3, 0.4) is 0 Å². The smallest absolute Gasteiger partial charge is 0.744 e. The Labute approximate surface area is 455 Å². The van der Waals surface area contributed by atoms with Crippen LogP contribution in [-0.4, -0.2) is 71.9 Å². The predicted octanol–water partition coefficient (Wildman–Crippen LogP) is -6.94. The molecule has 64 heavy (non-hydrogen) atoms. The fourth-order valence-electron chi connectivity index (χ4n) is 5.14. The minimum atomic E-state index is -5.68. The predicted molar refractivity (Wildman–Crippen MR) is 201 cm³/mol. The number of fused-ring (bicyclic) bond motifs is 1. The maximum atomic E-state index is 14.3. The van der Waals surface area contributed by atoms with Crippen LogP contribution in [0.5, 0.6) is 5.75 Å². The van der Waals surface area contributed by atoms with Crippen LogP contribution < -0.4 is 135 Å². The quantitative estimate of drug-likeness (QED) is 0.0383. The minimum Gasteiger partial charge on any atom is -0.744 e. The van der Waals surface area contributed by atoms with Crippen molar-refractivity contribution in [3.8, 4) is 5.75 Å². The number of benzene rings is 5. The normalized spacial score (nSPS) is 11.9. The molecule has 0 aliphatic heterocycles. The molecular weight excluding hydrogens is 995 g/mol. The van der Waals surface area contributed by atoms with E-state index in [1.54, 1.807) is 18.2 Å². The Morgan fingerprint density at radius 3 is 1.64 bits per heavy atom. The van der Waals surface area contributed by atoms with Gasteiger partial charge in [0.15, 0.2) is 5.75 Å². The van der Waals surface area contributed by atoms with Crippen LogP contribution >= 0.6 is 11.6 Å². The summed E-state index contributed by atoms with van der Waals surface area (Å²) in [5.74, 6) is -2.11. The number of phenols is 1. The van der Waals surface area contributed by atoms with Crippen molar-refractivity contribution >= 4 is 115 Å². The number of halogens is 2. The van der Waals surface area contributed by atoms with Gasteiger partial charge in [-0.1, -0.05) is 17.7 Å². The molecule has 5 aromatic carbocycles. The third-order valence-corrected chi connectivity index (χ3v) is 11.3. The molecule has 0 fully saturated rings. The van der Waals surface area contributed by atoms with E-state index in [1.807, 2.05) is 0 Å². The van der Waals surface area contributed by atoms with E-state index < -0.39 is 111 Å². The second kappa shape index (κ2) is 22.6. The maximum absolute atomic E-state index is 14.3. The molecule has 0 saturated heterocycles. The first kappa shape index (κ1) is 57.8. The van der Waals surface area contributed by atoms with Crippen molar-refractivity contribution in [2.24, 2.45) is 20.5 Å². The number of aromatic nitrogens is 3. The third kappa shape index (κ3) is 14.1. The summed E-state index contributed by atoms with van der Waals surface area (Å²) in [6, 6.07) is 13.3. The average molecular weight is 1010 g/mol. The molecule has 0 aliphatic rings. The molecule has 1 heterocycles. The molecule has 0 spiro atoms. The van der Waals surface area contributed by atoms with E-state index in [2.05, 4.69) is 46.0 Å². The molecule has 0 radical (unpaired) electrons. The number of nitrogens with two attached hydrogens (primary N) is 1. The SMILES string of the molecule is Nc1c(N=Nc2ccc(S(=O)(=O)[O-])cc2)c(S(=O)(=O)[O-])cc2cc(S(=O)(=O)[O-])c(N=Nc3ccc(Nc4nc(F)nc(Nc5cccc(Cl)c5)n4)cc3S(=O)(=O)[O-])c(O)c12.[Na+].[Na+].[Na+].[Na+]. The van der Waals surface area contributed by atoms with E-state index in [-0.39, 0.29) is 136 Å². The molecule has 1 aromatic heterocycles. The summed E-state index contributed by atoms with van der Waals surface area (Å²) in [5, 5.41) is 29.8. The first-order chi connectivity index (χ1) is 27.9. The van der Waals surface area contributed by atoms with Gasteiger partial charge in [0.2, 0.25) is 11.9 Å². The molecule has 6 rings (SSSR count). The largest absolute Gasteiger partial charge is 1.00 e. The van der Waals surface area contributed by atoms with Crippen molar-refractivity contribution in [1.82, 2.24) is 15.0 Å². The first-order valence-electron chi connectivity index (χ1n) is 15.6.